The maximum absolute atomic E-state index is 11.8. The molecule has 5 heteroatoms. The van der Waals surface area contributed by atoms with Crippen molar-refractivity contribution in [1.29, 1.82) is 0 Å². The van der Waals surface area contributed by atoms with E-state index in [1.54, 1.807) is 0 Å². The van der Waals surface area contributed by atoms with Crippen LogP contribution in [0.5, 0.6) is 0 Å². The standard InChI is InChI=1S/C11H18N2O3/c14-10(8-3-4-12-6-8)13-9-2-1-7(5-9)11(15)16/h7-9,12H,1-6H2,(H,13,14)(H,15,16)/t7-,8?,9+/m1/s1. The van der Waals surface area contributed by atoms with Crippen LogP contribution in [0.4, 0.5) is 0 Å². The third kappa shape index (κ3) is 2.52. The van der Waals surface area contributed by atoms with Gasteiger partial charge < -0.3 is 15.7 Å². The molecule has 3 N–H and O–H groups in total. The summed E-state index contributed by atoms with van der Waals surface area (Å²) in [5.41, 5.74) is 0. The molecule has 0 aromatic heterocycles. The van der Waals surface area contributed by atoms with E-state index in [0.29, 0.717) is 12.8 Å². The van der Waals surface area contributed by atoms with Gasteiger partial charge in [-0.05, 0) is 32.2 Å². The summed E-state index contributed by atoms with van der Waals surface area (Å²) in [4.78, 5) is 22.5. The molecule has 2 rings (SSSR count). The number of rotatable bonds is 3. The van der Waals surface area contributed by atoms with Gasteiger partial charge >= 0.3 is 5.97 Å². The molecule has 1 amide bonds. The molecule has 5 nitrogen and oxygen atoms in total. The fourth-order valence-corrected chi connectivity index (χ4v) is 2.53. The van der Waals surface area contributed by atoms with Crippen molar-refractivity contribution >= 4 is 11.9 Å². The predicted molar refractivity (Wildman–Crippen MR) is 57.9 cm³/mol. The van der Waals surface area contributed by atoms with Gasteiger partial charge in [-0.25, -0.2) is 0 Å². The largest absolute Gasteiger partial charge is 0.481 e. The van der Waals surface area contributed by atoms with E-state index in [0.717, 1.165) is 25.9 Å². The number of carboxylic acids is 1. The molecule has 1 saturated heterocycles. The van der Waals surface area contributed by atoms with E-state index in [4.69, 9.17) is 5.11 Å². The van der Waals surface area contributed by atoms with E-state index in [1.165, 1.54) is 0 Å². The van der Waals surface area contributed by atoms with Gasteiger partial charge in [-0.2, -0.15) is 0 Å². The van der Waals surface area contributed by atoms with Crippen molar-refractivity contribution in [2.45, 2.75) is 31.7 Å². The lowest BCUT2D eigenvalue weighted by atomic mass is 10.1. The number of carbonyl (C=O) groups excluding carboxylic acids is 1. The summed E-state index contributed by atoms with van der Waals surface area (Å²) in [6, 6.07) is 0.0641. The van der Waals surface area contributed by atoms with Gasteiger partial charge in [0.2, 0.25) is 5.91 Å². The third-order valence-electron chi connectivity index (χ3n) is 3.56. The monoisotopic (exact) mass is 226 g/mol. The minimum absolute atomic E-state index is 0.0641. The zero-order chi connectivity index (χ0) is 11.5. The zero-order valence-corrected chi connectivity index (χ0v) is 9.24. The topological polar surface area (TPSA) is 78.4 Å². The van der Waals surface area contributed by atoms with E-state index in [9.17, 15) is 9.59 Å². The molecule has 1 unspecified atom stereocenters. The van der Waals surface area contributed by atoms with E-state index in [2.05, 4.69) is 10.6 Å². The number of carboxylic acid groups (broad SMARTS) is 1. The van der Waals surface area contributed by atoms with Crippen LogP contribution in [0.3, 0.4) is 0 Å². The summed E-state index contributed by atoms with van der Waals surface area (Å²) in [6.07, 6.45) is 2.95. The average molecular weight is 226 g/mol. The Bertz CT molecular complexity index is 287. The quantitative estimate of drug-likeness (QED) is 0.631. The Morgan fingerprint density at radius 1 is 1.19 bits per heavy atom. The lowest BCUT2D eigenvalue weighted by molar-refractivity contribution is -0.141. The summed E-state index contributed by atoms with van der Waals surface area (Å²) >= 11 is 0. The number of aliphatic carboxylic acids is 1. The van der Waals surface area contributed by atoms with Gasteiger partial charge in [0.05, 0.1) is 11.8 Å². The highest BCUT2D eigenvalue weighted by atomic mass is 16.4. The number of carbonyl (C=O) groups is 2. The van der Waals surface area contributed by atoms with E-state index < -0.39 is 5.97 Å². The first kappa shape index (κ1) is 11.4. The Labute approximate surface area is 94.6 Å². The number of amides is 1. The summed E-state index contributed by atoms with van der Waals surface area (Å²) in [7, 11) is 0. The zero-order valence-electron chi connectivity index (χ0n) is 9.24. The smallest absolute Gasteiger partial charge is 0.306 e. The van der Waals surface area contributed by atoms with Gasteiger partial charge in [-0.1, -0.05) is 0 Å². The van der Waals surface area contributed by atoms with Crippen molar-refractivity contribution in [3.8, 4) is 0 Å². The van der Waals surface area contributed by atoms with Gasteiger partial charge in [0.1, 0.15) is 0 Å². The first-order valence-electron chi connectivity index (χ1n) is 5.90. The molecule has 0 aromatic carbocycles. The van der Waals surface area contributed by atoms with Crippen LogP contribution in [-0.2, 0) is 9.59 Å². The first-order chi connectivity index (χ1) is 7.66. The van der Waals surface area contributed by atoms with Crippen LogP contribution < -0.4 is 10.6 Å². The molecule has 0 aromatic rings. The fraction of sp³-hybridized carbons (Fsp3) is 0.818. The molecule has 90 valence electrons. The van der Waals surface area contributed by atoms with Gasteiger partial charge in [0.15, 0.2) is 0 Å². The van der Waals surface area contributed by atoms with Crippen molar-refractivity contribution in [2.75, 3.05) is 13.1 Å². The van der Waals surface area contributed by atoms with Crippen molar-refractivity contribution in [2.24, 2.45) is 11.8 Å². The van der Waals surface area contributed by atoms with Crippen molar-refractivity contribution < 1.29 is 14.7 Å². The van der Waals surface area contributed by atoms with Crippen LogP contribution in [0.2, 0.25) is 0 Å². The molecule has 0 radical (unpaired) electrons. The molecule has 2 fully saturated rings. The molecule has 1 heterocycles. The Kier molecular flexibility index (Phi) is 3.43. The molecule has 3 atom stereocenters. The van der Waals surface area contributed by atoms with Crippen LogP contribution >= 0.6 is 0 Å². The number of nitrogens with one attached hydrogen (secondary N) is 2. The molecule has 1 aliphatic heterocycles. The third-order valence-corrected chi connectivity index (χ3v) is 3.56. The van der Waals surface area contributed by atoms with E-state index >= 15 is 0 Å². The first-order valence-corrected chi connectivity index (χ1v) is 5.90. The van der Waals surface area contributed by atoms with Crippen LogP contribution in [0.15, 0.2) is 0 Å². The highest BCUT2D eigenvalue weighted by Crippen LogP contribution is 2.26. The van der Waals surface area contributed by atoms with Crippen LogP contribution in [-0.4, -0.2) is 36.1 Å². The highest BCUT2D eigenvalue weighted by Gasteiger charge is 2.32. The highest BCUT2D eigenvalue weighted by molar-refractivity contribution is 5.79. The van der Waals surface area contributed by atoms with Gasteiger partial charge in [0.25, 0.3) is 0 Å². The summed E-state index contributed by atoms with van der Waals surface area (Å²) < 4.78 is 0. The SMILES string of the molecule is O=C(N[C@H]1CC[C@@H](C(=O)O)C1)C1CCNC1. The minimum Gasteiger partial charge on any atom is -0.481 e. The van der Waals surface area contributed by atoms with Crippen molar-refractivity contribution in [3.63, 3.8) is 0 Å². The minimum atomic E-state index is -0.737. The molecular formula is C11H18N2O3. The van der Waals surface area contributed by atoms with Crippen molar-refractivity contribution in [1.82, 2.24) is 10.6 Å². The molecule has 1 saturated carbocycles. The second kappa shape index (κ2) is 4.82. The molecular weight excluding hydrogens is 208 g/mol. The van der Waals surface area contributed by atoms with E-state index in [-0.39, 0.29) is 23.8 Å². The van der Waals surface area contributed by atoms with Crippen LogP contribution in [0, 0.1) is 11.8 Å². The van der Waals surface area contributed by atoms with Crippen LogP contribution in [0.1, 0.15) is 25.7 Å². The second-order valence-electron chi connectivity index (χ2n) is 4.74. The number of hydrogen-bond acceptors (Lipinski definition) is 3. The molecule has 16 heavy (non-hydrogen) atoms. The lowest BCUT2D eigenvalue weighted by Crippen LogP contribution is -2.38. The Hall–Kier alpha value is -1.10. The van der Waals surface area contributed by atoms with Gasteiger partial charge in [-0.3, -0.25) is 9.59 Å². The predicted octanol–water partition coefficient (Wildman–Crippen LogP) is -0.0346. The molecule has 1 aliphatic carbocycles. The van der Waals surface area contributed by atoms with Gasteiger partial charge in [0, 0.05) is 12.6 Å². The maximum Gasteiger partial charge on any atom is 0.306 e. The van der Waals surface area contributed by atoms with Crippen molar-refractivity contribution in [3.05, 3.63) is 0 Å². The summed E-state index contributed by atoms with van der Waals surface area (Å²) in [5, 5.41) is 15.0. The van der Waals surface area contributed by atoms with Gasteiger partial charge in [-0.15, -0.1) is 0 Å². The van der Waals surface area contributed by atoms with Crippen LogP contribution in [0.25, 0.3) is 0 Å². The average Bonchev–Trinajstić information content (AvgIpc) is 2.87. The summed E-state index contributed by atoms with van der Waals surface area (Å²) in [5.74, 6) is -0.851. The normalized spacial score (nSPS) is 33.9. The maximum atomic E-state index is 11.8. The second-order valence-corrected chi connectivity index (χ2v) is 4.74. The Morgan fingerprint density at radius 3 is 2.56 bits per heavy atom. The van der Waals surface area contributed by atoms with E-state index in [1.807, 2.05) is 0 Å². The number of hydrogen-bond donors (Lipinski definition) is 3. The molecule has 0 spiro atoms. The lowest BCUT2D eigenvalue weighted by Gasteiger charge is -2.15. The molecule has 2 aliphatic rings. The molecule has 0 bridgehead atoms. The fourth-order valence-electron chi connectivity index (χ4n) is 2.53. The Morgan fingerprint density at radius 2 is 2.00 bits per heavy atom. The Balaban J connectivity index is 1.78. The summed E-state index contributed by atoms with van der Waals surface area (Å²) in [6.45, 7) is 1.65.